The standard InChI is InChI=1S/C22H22N2O3S/c1-4-24-20-18-8-6-5-7-14(18)9-10-19(20)28-22(24)23-21(25)15-11-16(26-2)13-17(12-15)27-3/h5-8,11-13H,4,9-10H2,1-3H3. The van der Waals surface area contributed by atoms with Gasteiger partial charge in [0, 0.05) is 28.6 Å². The van der Waals surface area contributed by atoms with Crippen LogP contribution in [0.3, 0.4) is 0 Å². The number of nitrogens with zero attached hydrogens (tertiary/aromatic N) is 2. The van der Waals surface area contributed by atoms with Gasteiger partial charge in [0.2, 0.25) is 0 Å². The number of methoxy groups -OCH3 is 2. The van der Waals surface area contributed by atoms with E-state index in [1.807, 2.05) is 0 Å². The van der Waals surface area contributed by atoms with Gasteiger partial charge < -0.3 is 14.0 Å². The van der Waals surface area contributed by atoms with E-state index < -0.39 is 0 Å². The van der Waals surface area contributed by atoms with Crippen molar-refractivity contribution in [3.63, 3.8) is 0 Å². The van der Waals surface area contributed by atoms with Gasteiger partial charge in [-0.15, -0.1) is 11.3 Å². The fourth-order valence-corrected chi connectivity index (χ4v) is 4.80. The third-order valence-electron chi connectivity index (χ3n) is 4.99. The molecule has 2 aromatic carbocycles. The molecule has 1 aliphatic carbocycles. The van der Waals surface area contributed by atoms with Gasteiger partial charge in [-0.1, -0.05) is 24.3 Å². The second-order valence-corrected chi connectivity index (χ2v) is 7.64. The molecular formula is C22H22N2O3S. The van der Waals surface area contributed by atoms with Crippen LogP contribution in [0.25, 0.3) is 11.3 Å². The van der Waals surface area contributed by atoms with Crippen molar-refractivity contribution in [1.82, 2.24) is 4.57 Å². The lowest BCUT2D eigenvalue weighted by Crippen LogP contribution is -2.18. The Morgan fingerprint density at radius 2 is 1.82 bits per heavy atom. The predicted octanol–water partition coefficient (Wildman–Crippen LogP) is 4.09. The van der Waals surface area contributed by atoms with Gasteiger partial charge in [-0.3, -0.25) is 4.79 Å². The van der Waals surface area contributed by atoms with Gasteiger partial charge in [0.1, 0.15) is 11.5 Å². The maximum Gasteiger partial charge on any atom is 0.279 e. The number of aromatic nitrogens is 1. The van der Waals surface area contributed by atoms with Crippen LogP contribution in [0.2, 0.25) is 0 Å². The molecule has 3 aromatic rings. The highest BCUT2D eigenvalue weighted by Gasteiger charge is 2.22. The monoisotopic (exact) mass is 394 g/mol. The summed E-state index contributed by atoms with van der Waals surface area (Å²) in [4.78, 5) is 19.4. The van der Waals surface area contributed by atoms with E-state index in [0.29, 0.717) is 17.1 Å². The van der Waals surface area contributed by atoms with Crippen molar-refractivity contribution >= 4 is 17.2 Å². The van der Waals surface area contributed by atoms with Gasteiger partial charge in [-0.25, -0.2) is 0 Å². The topological polar surface area (TPSA) is 52.8 Å². The third kappa shape index (κ3) is 3.24. The van der Waals surface area contributed by atoms with E-state index in [-0.39, 0.29) is 5.91 Å². The zero-order chi connectivity index (χ0) is 19.7. The van der Waals surface area contributed by atoms with Crippen LogP contribution in [0, 0.1) is 0 Å². The van der Waals surface area contributed by atoms with Crippen molar-refractivity contribution < 1.29 is 14.3 Å². The fourth-order valence-electron chi connectivity index (χ4n) is 3.60. The van der Waals surface area contributed by atoms with E-state index in [2.05, 4.69) is 40.7 Å². The summed E-state index contributed by atoms with van der Waals surface area (Å²) >= 11 is 1.61. The number of ether oxygens (including phenoxy) is 2. The van der Waals surface area contributed by atoms with E-state index in [1.54, 1.807) is 43.8 Å². The molecule has 0 aliphatic heterocycles. The molecule has 1 aromatic heterocycles. The normalized spacial score (nSPS) is 13.0. The van der Waals surface area contributed by atoms with Crippen LogP contribution in [0.1, 0.15) is 27.7 Å². The zero-order valence-electron chi connectivity index (χ0n) is 16.2. The average molecular weight is 394 g/mol. The number of hydrogen-bond acceptors (Lipinski definition) is 4. The minimum absolute atomic E-state index is 0.300. The van der Waals surface area contributed by atoms with Crippen LogP contribution in [0.4, 0.5) is 0 Å². The summed E-state index contributed by atoms with van der Waals surface area (Å²) in [5.74, 6) is 0.840. The van der Waals surface area contributed by atoms with Gasteiger partial charge in [0.05, 0.1) is 19.9 Å². The molecule has 28 heavy (non-hydrogen) atoms. The van der Waals surface area contributed by atoms with Crippen LogP contribution in [-0.4, -0.2) is 24.7 Å². The average Bonchev–Trinajstić information content (AvgIpc) is 3.10. The van der Waals surface area contributed by atoms with E-state index in [1.165, 1.54) is 21.7 Å². The molecule has 0 atom stereocenters. The highest BCUT2D eigenvalue weighted by atomic mass is 32.1. The summed E-state index contributed by atoms with van der Waals surface area (Å²) in [6.07, 6.45) is 2.00. The molecule has 1 amide bonds. The number of hydrogen-bond donors (Lipinski definition) is 0. The first-order valence-electron chi connectivity index (χ1n) is 9.27. The molecule has 0 spiro atoms. The van der Waals surface area contributed by atoms with Crippen molar-refractivity contribution in [2.75, 3.05) is 14.2 Å². The Hall–Kier alpha value is -2.86. The molecular weight excluding hydrogens is 372 g/mol. The Bertz CT molecular complexity index is 1090. The highest BCUT2D eigenvalue weighted by molar-refractivity contribution is 7.09. The van der Waals surface area contributed by atoms with Crippen LogP contribution in [-0.2, 0) is 19.4 Å². The summed E-state index contributed by atoms with van der Waals surface area (Å²) in [5, 5.41) is 0. The molecule has 0 fully saturated rings. The highest BCUT2D eigenvalue weighted by Crippen LogP contribution is 2.34. The number of amides is 1. The number of carbonyl (C=O) groups is 1. The fraction of sp³-hybridized carbons (Fsp3) is 0.273. The Balaban J connectivity index is 1.82. The molecule has 6 heteroatoms. The van der Waals surface area contributed by atoms with E-state index in [0.717, 1.165) is 24.2 Å². The van der Waals surface area contributed by atoms with Crippen LogP contribution in [0.5, 0.6) is 11.5 Å². The molecule has 144 valence electrons. The molecule has 0 bridgehead atoms. The van der Waals surface area contributed by atoms with Gasteiger partial charge in [0.15, 0.2) is 4.80 Å². The summed E-state index contributed by atoms with van der Waals surface area (Å²) < 4.78 is 12.7. The molecule has 5 nitrogen and oxygen atoms in total. The summed E-state index contributed by atoms with van der Waals surface area (Å²) in [5.41, 5.74) is 4.25. The molecule has 0 saturated carbocycles. The Morgan fingerprint density at radius 3 is 2.50 bits per heavy atom. The van der Waals surface area contributed by atoms with Crippen molar-refractivity contribution in [2.24, 2.45) is 4.99 Å². The number of aryl methyl sites for hydroxylation is 2. The quantitative estimate of drug-likeness (QED) is 0.670. The van der Waals surface area contributed by atoms with Gasteiger partial charge in [-0.05, 0) is 37.5 Å². The van der Waals surface area contributed by atoms with Crippen LogP contribution in [0.15, 0.2) is 47.5 Å². The third-order valence-corrected chi connectivity index (χ3v) is 6.12. The first-order chi connectivity index (χ1) is 13.6. The minimum Gasteiger partial charge on any atom is -0.497 e. The lowest BCUT2D eigenvalue weighted by Gasteiger charge is -2.17. The van der Waals surface area contributed by atoms with Crippen LogP contribution >= 0.6 is 11.3 Å². The number of carbonyl (C=O) groups excluding carboxylic acids is 1. The number of fused-ring (bicyclic) bond motifs is 3. The van der Waals surface area contributed by atoms with Gasteiger partial charge >= 0.3 is 0 Å². The molecule has 4 rings (SSSR count). The number of rotatable bonds is 4. The second kappa shape index (κ2) is 7.64. The number of benzene rings is 2. The Kier molecular flexibility index (Phi) is 5.05. The largest absolute Gasteiger partial charge is 0.497 e. The molecule has 1 heterocycles. The van der Waals surface area contributed by atoms with Crippen LogP contribution < -0.4 is 14.3 Å². The lowest BCUT2D eigenvalue weighted by molar-refractivity contribution is 0.0997. The zero-order valence-corrected chi connectivity index (χ0v) is 17.0. The summed E-state index contributed by atoms with van der Waals surface area (Å²) in [6.45, 7) is 2.84. The molecule has 1 aliphatic rings. The molecule has 0 N–H and O–H groups in total. The van der Waals surface area contributed by atoms with E-state index in [9.17, 15) is 4.79 Å². The lowest BCUT2D eigenvalue weighted by atomic mass is 9.93. The summed E-state index contributed by atoms with van der Waals surface area (Å²) in [6, 6.07) is 13.6. The minimum atomic E-state index is -0.300. The van der Waals surface area contributed by atoms with Gasteiger partial charge in [-0.2, -0.15) is 4.99 Å². The van der Waals surface area contributed by atoms with Crippen molar-refractivity contribution in [2.45, 2.75) is 26.3 Å². The number of thiazole rings is 1. The first kappa shape index (κ1) is 18.5. The smallest absolute Gasteiger partial charge is 0.279 e. The Labute approximate surface area is 167 Å². The Morgan fingerprint density at radius 1 is 1.11 bits per heavy atom. The predicted molar refractivity (Wildman–Crippen MR) is 110 cm³/mol. The molecule has 0 unspecified atom stereocenters. The van der Waals surface area contributed by atoms with E-state index in [4.69, 9.17) is 9.47 Å². The van der Waals surface area contributed by atoms with Crippen molar-refractivity contribution in [1.29, 1.82) is 0 Å². The van der Waals surface area contributed by atoms with Gasteiger partial charge in [0.25, 0.3) is 5.91 Å². The molecule has 0 radical (unpaired) electrons. The maximum atomic E-state index is 12.9. The first-order valence-corrected chi connectivity index (χ1v) is 10.1. The van der Waals surface area contributed by atoms with Crippen molar-refractivity contribution in [3.05, 3.63) is 63.3 Å². The molecule has 0 saturated heterocycles. The maximum absolute atomic E-state index is 12.9. The van der Waals surface area contributed by atoms with E-state index >= 15 is 0 Å². The SMILES string of the molecule is CCn1c2c(sc1=NC(=O)c1cc(OC)cc(OC)c1)CCc1ccccc1-2. The van der Waals surface area contributed by atoms with Crippen molar-refractivity contribution in [3.8, 4) is 22.8 Å². The second-order valence-electron chi connectivity index (χ2n) is 6.58. The summed E-state index contributed by atoms with van der Waals surface area (Å²) in [7, 11) is 3.13.